The van der Waals surface area contributed by atoms with Crippen molar-refractivity contribution in [2.45, 2.75) is 4.90 Å². The molecule has 3 aromatic carbocycles. The van der Waals surface area contributed by atoms with E-state index in [1.807, 2.05) is 0 Å². The third kappa shape index (κ3) is 5.05. The molecule has 0 radical (unpaired) electrons. The number of rotatable bonds is 8. The quantitative estimate of drug-likeness (QED) is 0.173. The number of nitrogens with one attached hydrogen (secondary N) is 2. The van der Waals surface area contributed by atoms with Gasteiger partial charge in [-0.3, -0.25) is 20.3 Å². The Morgan fingerprint density at radius 3 is 2.47 bits per heavy atom. The van der Waals surface area contributed by atoms with Crippen LogP contribution in [0.1, 0.15) is 5.56 Å². The van der Waals surface area contributed by atoms with Crippen LogP contribution in [0.5, 0.6) is 17.2 Å². The third-order valence-electron chi connectivity index (χ3n) is 4.25. The topological polar surface area (TPSA) is 163 Å². The van der Waals surface area contributed by atoms with Gasteiger partial charge in [-0.05, 0) is 48.5 Å². The minimum absolute atomic E-state index is 0.0747. The average molecular weight is 458 g/mol. The predicted molar refractivity (Wildman–Crippen MR) is 118 cm³/mol. The molecule has 0 aliphatic heterocycles. The van der Waals surface area contributed by atoms with Gasteiger partial charge in [0, 0.05) is 17.3 Å². The van der Waals surface area contributed by atoms with Gasteiger partial charge in [0.15, 0.2) is 11.5 Å². The van der Waals surface area contributed by atoms with Gasteiger partial charge in [0.2, 0.25) is 0 Å². The molecule has 166 valence electrons. The molecule has 0 saturated carbocycles. The summed E-state index contributed by atoms with van der Waals surface area (Å²) in [5.41, 5.74) is 2.26. The zero-order valence-corrected chi connectivity index (χ0v) is 17.4. The number of sulfonamides is 1. The lowest BCUT2D eigenvalue weighted by Crippen LogP contribution is -2.13. The number of nitrogens with zero attached hydrogens (tertiary/aromatic N) is 2. The number of methoxy groups -OCH3 is 1. The lowest BCUT2D eigenvalue weighted by molar-refractivity contribution is -0.384. The van der Waals surface area contributed by atoms with E-state index in [1.54, 1.807) is 12.1 Å². The van der Waals surface area contributed by atoms with E-state index in [0.717, 1.165) is 12.3 Å². The van der Waals surface area contributed by atoms with Crippen LogP contribution in [0.3, 0.4) is 0 Å². The van der Waals surface area contributed by atoms with E-state index in [2.05, 4.69) is 15.2 Å². The van der Waals surface area contributed by atoms with Crippen molar-refractivity contribution >= 4 is 33.3 Å². The number of benzene rings is 3. The Labute approximate surface area is 182 Å². The largest absolute Gasteiger partial charge is 0.504 e. The Bertz CT molecular complexity index is 1280. The van der Waals surface area contributed by atoms with Crippen LogP contribution in [-0.2, 0) is 10.0 Å². The van der Waals surface area contributed by atoms with Crippen LogP contribution >= 0.6 is 0 Å². The van der Waals surface area contributed by atoms with E-state index in [0.29, 0.717) is 5.75 Å². The molecule has 0 aliphatic rings. The van der Waals surface area contributed by atoms with Crippen molar-refractivity contribution in [2.75, 3.05) is 17.3 Å². The van der Waals surface area contributed by atoms with Gasteiger partial charge in [0.25, 0.3) is 15.7 Å². The number of hydrogen-bond donors (Lipinski definition) is 4. The first-order chi connectivity index (χ1) is 15.2. The van der Waals surface area contributed by atoms with Crippen LogP contribution in [0.4, 0.5) is 17.1 Å². The normalized spacial score (nSPS) is 11.3. The summed E-state index contributed by atoms with van der Waals surface area (Å²) in [4.78, 5) is 10.4. The van der Waals surface area contributed by atoms with Crippen molar-refractivity contribution in [1.82, 2.24) is 0 Å². The summed E-state index contributed by atoms with van der Waals surface area (Å²) in [6.45, 7) is 0. The fourth-order valence-corrected chi connectivity index (χ4v) is 3.70. The van der Waals surface area contributed by atoms with E-state index < -0.39 is 26.4 Å². The highest BCUT2D eigenvalue weighted by atomic mass is 32.2. The number of nitro benzene ring substituents is 1. The second-order valence-electron chi connectivity index (χ2n) is 6.36. The Kier molecular flexibility index (Phi) is 6.45. The molecule has 4 N–H and O–H groups in total. The molecule has 0 bridgehead atoms. The van der Waals surface area contributed by atoms with E-state index in [9.17, 15) is 28.7 Å². The number of para-hydroxylation sites is 1. The monoisotopic (exact) mass is 458 g/mol. The van der Waals surface area contributed by atoms with Crippen LogP contribution in [0.25, 0.3) is 0 Å². The lowest BCUT2D eigenvalue weighted by atomic mass is 10.2. The summed E-state index contributed by atoms with van der Waals surface area (Å²) in [6.07, 6.45) is 1.15. The van der Waals surface area contributed by atoms with Crippen molar-refractivity contribution in [3.63, 3.8) is 0 Å². The van der Waals surface area contributed by atoms with Gasteiger partial charge in [0.05, 0.1) is 23.1 Å². The van der Waals surface area contributed by atoms with Crippen molar-refractivity contribution < 1.29 is 28.3 Å². The second kappa shape index (κ2) is 9.22. The minimum atomic E-state index is -4.10. The van der Waals surface area contributed by atoms with Gasteiger partial charge >= 0.3 is 0 Å². The van der Waals surface area contributed by atoms with Crippen molar-refractivity contribution in [3.05, 3.63) is 76.3 Å². The molecule has 0 atom stereocenters. The van der Waals surface area contributed by atoms with Crippen LogP contribution < -0.4 is 14.9 Å². The first-order valence-corrected chi connectivity index (χ1v) is 10.4. The Morgan fingerprint density at radius 1 is 1.09 bits per heavy atom. The van der Waals surface area contributed by atoms with Crippen molar-refractivity contribution in [3.8, 4) is 17.2 Å². The van der Waals surface area contributed by atoms with Gasteiger partial charge in [-0.1, -0.05) is 6.07 Å². The van der Waals surface area contributed by atoms with Crippen LogP contribution in [0.15, 0.2) is 70.7 Å². The van der Waals surface area contributed by atoms with Gasteiger partial charge in [-0.15, -0.1) is 0 Å². The molecule has 0 saturated heterocycles. The molecule has 0 amide bonds. The fraction of sp³-hybridized carbons (Fsp3) is 0.0500. The fourth-order valence-electron chi connectivity index (χ4n) is 2.62. The minimum Gasteiger partial charge on any atom is -0.504 e. The number of phenols is 2. The number of phenolic OH excluding ortho intramolecular Hbond substituents is 2. The molecular weight excluding hydrogens is 440 g/mol. The van der Waals surface area contributed by atoms with E-state index in [-0.39, 0.29) is 27.6 Å². The molecule has 12 heteroatoms. The number of hydrogen-bond acceptors (Lipinski definition) is 9. The van der Waals surface area contributed by atoms with E-state index in [1.165, 1.54) is 49.6 Å². The predicted octanol–water partition coefficient (Wildman–Crippen LogP) is 3.26. The van der Waals surface area contributed by atoms with Gasteiger partial charge in [-0.25, -0.2) is 8.42 Å². The summed E-state index contributed by atoms with van der Waals surface area (Å²) < 4.78 is 32.6. The van der Waals surface area contributed by atoms with E-state index >= 15 is 0 Å². The zero-order chi connectivity index (χ0) is 23.3. The Balaban J connectivity index is 1.84. The molecule has 32 heavy (non-hydrogen) atoms. The first-order valence-electron chi connectivity index (χ1n) is 8.96. The maximum absolute atomic E-state index is 12.6. The number of hydrazone groups is 1. The summed E-state index contributed by atoms with van der Waals surface area (Å²) in [5.74, 6) is -0.212. The van der Waals surface area contributed by atoms with Gasteiger partial charge in [0.1, 0.15) is 11.4 Å². The molecule has 0 heterocycles. The van der Waals surface area contributed by atoms with Crippen LogP contribution in [0, 0.1) is 10.1 Å². The van der Waals surface area contributed by atoms with Crippen LogP contribution in [-0.4, -0.2) is 36.9 Å². The Hall–Kier alpha value is -4.32. The van der Waals surface area contributed by atoms with Gasteiger partial charge in [-0.2, -0.15) is 5.10 Å². The highest BCUT2D eigenvalue weighted by Gasteiger charge is 2.21. The summed E-state index contributed by atoms with van der Waals surface area (Å²) >= 11 is 0. The molecule has 0 aromatic heterocycles. The average Bonchev–Trinajstić information content (AvgIpc) is 2.77. The first kappa shape index (κ1) is 22.4. The zero-order valence-electron chi connectivity index (χ0n) is 16.6. The molecule has 0 unspecified atom stereocenters. The smallest absolute Gasteiger partial charge is 0.295 e. The molecule has 11 nitrogen and oxygen atoms in total. The van der Waals surface area contributed by atoms with E-state index in [4.69, 9.17) is 4.74 Å². The van der Waals surface area contributed by atoms with Crippen molar-refractivity contribution in [1.29, 1.82) is 0 Å². The molecule has 3 aromatic rings. The number of ether oxygens (including phenoxy) is 1. The maximum Gasteiger partial charge on any atom is 0.295 e. The molecule has 0 fully saturated rings. The second-order valence-corrected chi connectivity index (χ2v) is 8.04. The molecule has 3 rings (SSSR count). The molecular formula is C20H18N4O7S. The summed E-state index contributed by atoms with van der Waals surface area (Å²) in [6, 6.07) is 13.6. The van der Waals surface area contributed by atoms with Crippen molar-refractivity contribution in [2.24, 2.45) is 5.10 Å². The SMILES string of the molecule is COc1ccc(NS(=O)(=O)c2ccc(NN=Cc3cccc(O)c3O)c([N+](=O)[O-])c2)cc1. The maximum atomic E-state index is 12.6. The molecule has 0 aliphatic carbocycles. The lowest BCUT2D eigenvalue weighted by Gasteiger charge is -2.10. The van der Waals surface area contributed by atoms with Crippen LogP contribution in [0.2, 0.25) is 0 Å². The number of anilines is 2. The standard InChI is InChI=1S/C20H18N4O7S/c1-31-15-7-5-14(6-8-15)23-32(29,30)16-9-10-17(18(11-16)24(27)28)22-21-12-13-3-2-4-19(25)20(13)26/h2-12,22-23,25-26H,1H3. The highest BCUT2D eigenvalue weighted by Crippen LogP contribution is 2.30. The Morgan fingerprint density at radius 2 is 1.81 bits per heavy atom. The highest BCUT2D eigenvalue weighted by molar-refractivity contribution is 7.92. The van der Waals surface area contributed by atoms with Gasteiger partial charge < -0.3 is 14.9 Å². The number of nitro groups is 1. The number of aromatic hydroxyl groups is 2. The summed E-state index contributed by atoms with van der Waals surface area (Å²) in [7, 11) is -2.63. The molecule has 0 spiro atoms. The third-order valence-corrected chi connectivity index (χ3v) is 5.63. The summed E-state index contributed by atoms with van der Waals surface area (Å²) in [5, 5.41) is 34.5.